The first-order chi connectivity index (χ1) is 47.7. The number of hydrogen-bond donors (Lipinski definition) is 3. The number of unbranched alkanes of at least 4 members (excludes halogenated alkanes) is 41. The molecule has 17 nitrogen and oxygen atoms in total. The summed E-state index contributed by atoms with van der Waals surface area (Å²) in [5.41, 5.74) is 0. The van der Waals surface area contributed by atoms with E-state index < -0.39 is 97.5 Å². The van der Waals surface area contributed by atoms with Gasteiger partial charge >= 0.3 is 39.5 Å². The van der Waals surface area contributed by atoms with Gasteiger partial charge in [0.25, 0.3) is 0 Å². The summed E-state index contributed by atoms with van der Waals surface area (Å²) in [7, 11) is -9.92. The topological polar surface area (TPSA) is 237 Å². The van der Waals surface area contributed by atoms with Crippen molar-refractivity contribution in [2.45, 2.75) is 427 Å². The third-order valence-corrected chi connectivity index (χ3v) is 21.2. The van der Waals surface area contributed by atoms with Gasteiger partial charge in [-0.2, -0.15) is 0 Å². The molecule has 0 saturated carbocycles. The summed E-state index contributed by atoms with van der Waals surface area (Å²) in [6.07, 6.45) is 55.4. The van der Waals surface area contributed by atoms with E-state index in [9.17, 15) is 43.2 Å². The average Bonchev–Trinajstić information content (AvgIpc) is 0.988. The maximum absolute atomic E-state index is 13.1. The zero-order chi connectivity index (χ0) is 73.1. The number of esters is 4. The van der Waals surface area contributed by atoms with Gasteiger partial charge in [-0.15, -0.1) is 0 Å². The van der Waals surface area contributed by atoms with Crippen LogP contribution in [0.15, 0.2) is 0 Å². The first-order valence-corrected chi connectivity index (χ1v) is 44.3. The molecule has 99 heavy (non-hydrogen) atoms. The van der Waals surface area contributed by atoms with Gasteiger partial charge in [0.15, 0.2) is 12.2 Å². The van der Waals surface area contributed by atoms with Gasteiger partial charge in [0, 0.05) is 25.7 Å². The summed E-state index contributed by atoms with van der Waals surface area (Å²) in [5, 5.41) is 10.6. The van der Waals surface area contributed by atoms with Gasteiger partial charge in [0.1, 0.15) is 19.3 Å². The predicted octanol–water partition coefficient (Wildman–Crippen LogP) is 23.6. The Labute approximate surface area is 607 Å². The number of carbonyl (C=O) groups excluding carboxylic acids is 4. The Morgan fingerprint density at radius 2 is 0.485 bits per heavy atom. The van der Waals surface area contributed by atoms with Crippen molar-refractivity contribution < 1.29 is 80.2 Å². The highest BCUT2D eigenvalue weighted by molar-refractivity contribution is 7.47. The Kier molecular flexibility index (Phi) is 67.8. The van der Waals surface area contributed by atoms with Crippen LogP contribution >= 0.6 is 15.6 Å². The van der Waals surface area contributed by atoms with Crippen LogP contribution in [0.2, 0.25) is 0 Å². The van der Waals surface area contributed by atoms with Crippen molar-refractivity contribution in [3.63, 3.8) is 0 Å². The van der Waals surface area contributed by atoms with E-state index in [1.54, 1.807) is 0 Å². The molecule has 0 rings (SSSR count). The lowest BCUT2D eigenvalue weighted by Gasteiger charge is -2.21. The fourth-order valence-electron chi connectivity index (χ4n) is 12.2. The van der Waals surface area contributed by atoms with Crippen molar-refractivity contribution >= 4 is 39.5 Å². The molecule has 0 saturated heterocycles. The molecule has 0 aromatic rings. The van der Waals surface area contributed by atoms with Crippen LogP contribution < -0.4 is 0 Å². The van der Waals surface area contributed by atoms with Crippen LogP contribution in [0.1, 0.15) is 409 Å². The van der Waals surface area contributed by atoms with Crippen molar-refractivity contribution in [2.24, 2.45) is 23.7 Å². The number of carbonyl (C=O) groups is 4. The molecule has 0 amide bonds. The minimum atomic E-state index is -4.96. The number of hydrogen-bond acceptors (Lipinski definition) is 15. The third kappa shape index (κ3) is 71.5. The Balaban J connectivity index is 5.25. The SMILES string of the molecule is CCC(C)CCCCCCCCCCCCCCCCC(=O)O[C@H](COC(=O)CCCCCCCCC(C)CC)COP(=O)(O)OC[C@H](O)COP(=O)(O)OC[C@@H](COC(=O)CCCCCCCCCCCCCCCC(C)C)OC(=O)CCCCCCCCCCCCCCC(C)C. The summed E-state index contributed by atoms with van der Waals surface area (Å²) in [5.74, 6) is 1.03. The van der Waals surface area contributed by atoms with Crippen LogP contribution in [-0.4, -0.2) is 96.7 Å². The fourth-order valence-corrected chi connectivity index (χ4v) is 13.8. The fraction of sp³-hybridized carbons (Fsp3) is 0.950. The van der Waals surface area contributed by atoms with Gasteiger partial charge in [0.2, 0.25) is 0 Å². The number of phosphoric acid groups is 2. The quantitative estimate of drug-likeness (QED) is 0.0222. The highest BCUT2D eigenvalue weighted by Gasteiger charge is 2.30. The zero-order valence-corrected chi connectivity index (χ0v) is 66.9. The van der Waals surface area contributed by atoms with Crippen molar-refractivity contribution in [3.8, 4) is 0 Å². The van der Waals surface area contributed by atoms with E-state index in [0.29, 0.717) is 25.7 Å². The van der Waals surface area contributed by atoms with Gasteiger partial charge in [-0.3, -0.25) is 37.3 Å². The second kappa shape index (κ2) is 69.1. The molecule has 0 radical (unpaired) electrons. The molecule has 19 heteroatoms. The van der Waals surface area contributed by atoms with E-state index in [1.165, 1.54) is 205 Å². The summed E-state index contributed by atoms with van der Waals surface area (Å²) in [6, 6.07) is 0. The van der Waals surface area contributed by atoms with E-state index in [2.05, 4.69) is 55.4 Å². The minimum absolute atomic E-state index is 0.106. The summed E-state index contributed by atoms with van der Waals surface area (Å²) in [6.45, 7) is 14.3. The molecule has 0 aliphatic heterocycles. The van der Waals surface area contributed by atoms with Gasteiger partial charge in [0.05, 0.1) is 26.4 Å². The molecule has 0 aromatic carbocycles. The molecule has 7 atom stereocenters. The highest BCUT2D eigenvalue weighted by Crippen LogP contribution is 2.45. The summed E-state index contributed by atoms with van der Waals surface area (Å²) in [4.78, 5) is 73.0. The second-order valence-corrected chi connectivity index (χ2v) is 33.1. The van der Waals surface area contributed by atoms with E-state index in [0.717, 1.165) is 120 Å². The normalized spacial score (nSPS) is 14.6. The highest BCUT2D eigenvalue weighted by atomic mass is 31.2. The van der Waals surface area contributed by atoms with E-state index in [4.69, 9.17) is 37.0 Å². The number of ether oxygens (including phenoxy) is 4. The van der Waals surface area contributed by atoms with Crippen LogP contribution in [-0.2, 0) is 65.4 Å². The monoisotopic (exact) mass is 1450 g/mol. The minimum Gasteiger partial charge on any atom is -0.462 e. The lowest BCUT2D eigenvalue weighted by atomic mass is 9.99. The largest absolute Gasteiger partial charge is 0.472 e. The Bertz CT molecular complexity index is 1940. The molecule has 4 unspecified atom stereocenters. The van der Waals surface area contributed by atoms with Crippen LogP contribution in [0.25, 0.3) is 0 Å². The molecule has 0 heterocycles. The lowest BCUT2D eigenvalue weighted by molar-refractivity contribution is -0.161. The van der Waals surface area contributed by atoms with E-state index in [-0.39, 0.29) is 25.7 Å². The Morgan fingerprint density at radius 1 is 0.283 bits per heavy atom. The standard InChI is InChI=1S/C80H156O17P2/c1-9-72(7)58-50-42-34-28-22-15-11-12-16-24-30-36-46-54-62-80(85)97-76(67-91-78(83)61-53-45-39-38-43-51-59-73(8)10-2)69-95-99(88,89)93-65-74(81)64-92-98(86,87)94-68-75(96-79(84)63-55-47-37-31-25-19-18-21-27-33-41-49-57-71(5)6)66-90-77(82)60-52-44-35-29-23-17-13-14-20-26-32-40-48-56-70(3)4/h70-76,81H,9-69H2,1-8H3,(H,86,87)(H,88,89)/t72?,73?,74-,75-,76-/m1/s1. The average molecular weight is 1450 g/mol. The van der Waals surface area contributed by atoms with Crippen LogP contribution in [0.3, 0.4) is 0 Å². The molecule has 0 aliphatic rings. The van der Waals surface area contributed by atoms with Crippen LogP contribution in [0, 0.1) is 23.7 Å². The molecular formula is C80H156O17P2. The summed E-state index contributed by atoms with van der Waals surface area (Å²) >= 11 is 0. The molecule has 3 N–H and O–H groups in total. The Morgan fingerprint density at radius 3 is 0.717 bits per heavy atom. The Hall–Kier alpha value is -1.94. The molecule has 0 aliphatic carbocycles. The maximum Gasteiger partial charge on any atom is 0.472 e. The van der Waals surface area contributed by atoms with E-state index >= 15 is 0 Å². The van der Waals surface area contributed by atoms with Crippen molar-refractivity contribution in [1.82, 2.24) is 0 Å². The van der Waals surface area contributed by atoms with Crippen LogP contribution in [0.4, 0.5) is 0 Å². The molecule has 0 aromatic heterocycles. The molecular weight excluding hydrogens is 1290 g/mol. The smallest absolute Gasteiger partial charge is 0.462 e. The van der Waals surface area contributed by atoms with Gasteiger partial charge in [-0.25, -0.2) is 9.13 Å². The number of rotatable bonds is 77. The number of aliphatic hydroxyl groups is 1. The van der Waals surface area contributed by atoms with E-state index in [1.807, 2.05) is 0 Å². The molecule has 0 fully saturated rings. The van der Waals surface area contributed by atoms with Crippen molar-refractivity contribution in [3.05, 3.63) is 0 Å². The first-order valence-electron chi connectivity index (χ1n) is 41.3. The lowest BCUT2D eigenvalue weighted by Crippen LogP contribution is -2.30. The third-order valence-electron chi connectivity index (χ3n) is 19.3. The number of phosphoric ester groups is 2. The molecule has 588 valence electrons. The first kappa shape index (κ1) is 97.1. The molecule has 0 bridgehead atoms. The van der Waals surface area contributed by atoms with Gasteiger partial charge in [-0.1, -0.05) is 357 Å². The molecule has 0 spiro atoms. The summed E-state index contributed by atoms with van der Waals surface area (Å²) < 4.78 is 68.7. The van der Waals surface area contributed by atoms with Gasteiger partial charge < -0.3 is 33.8 Å². The zero-order valence-electron chi connectivity index (χ0n) is 65.1. The van der Waals surface area contributed by atoms with Gasteiger partial charge in [-0.05, 0) is 49.4 Å². The van der Waals surface area contributed by atoms with Crippen molar-refractivity contribution in [1.29, 1.82) is 0 Å². The van der Waals surface area contributed by atoms with Crippen LogP contribution in [0.5, 0.6) is 0 Å². The predicted molar refractivity (Wildman–Crippen MR) is 404 cm³/mol. The number of aliphatic hydroxyl groups excluding tert-OH is 1. The van der Waals surface area contributed by atoms with Crippen molar-refractivity contribution in [2.75, 3.05) is 39.6 Å². The second-order valence-electron chi connectivity index (χ2n) is 30.2. The maximum atomic E-state index is 13.1.